The van der Waals surface area contributed by atoms with Crippen LogP contribution in [-0.4, -0.2) is 45.8 Å². The molecule has 0 bridgehead atoms. The fourth-order valence-corrected chi connectivity index (χ4v) is 6.12. The van der Waals surface area contributed by atoms with Gasteiger partial charge in [0.25, 0.3) is 5.91 Å². The molecule has 0 radical (unpaired) electrons. The zero-order valence-electron chi connectivity index (χ0n) is 23.4. The lowest BCUT2D eigenvalue weighted by Gasteiger charge is -2.24. The molecule has 9 nitrogen and oxygen atoms in total. The number of sulfonamides is 1. The number of ether oxygens (including phenoxy) is 1. The summed E-state index contributed by atoms with van der Waals surface area (Å²) in [5.74, 6) is -0.628. The Bertz CT molecular complexity index is 1990. The fraction of sp³-hybridized carbons (Fsp3) is 0.161. The van der Waals surface area contributed by atoms with Crippen LogP contribution >= 0.6 is 0 Å². The third-order valence-electron chi connectivity index (χ3n) is 7.14. The molecular formula is C31H25F3N4O5S. The largest absolute Gasteiger partial charge is 0.463 e. The van der Waals surface area contributed by atoms with Gasteiger partial charge in [-0.05, 0) is 66.2 Å². The molecule has 1 amide bonds. The summed E-state index contributed by atoms with van der Waals surface area (Å²) < 4.78 is 81.3. The van der Waals surface area contributed by atoms with Gasteiger partial charge in [0.2, 0.25) is 10.0 Å². The summed E-state index contributed by atoms with van der Waals surface area (Å²) in [6.07, 6.45) is 1.70. The molecule has 1 atom stereocenters. The van der Waals surface area contributed by atoms with E-state index < -0.39 is 47.0 Å². The van der Waals surface area contributed by atoms with Crippen molar-refractivity contribution < 1.29 is 35.5 Å². The summed E-state index contributed by atoms with van der Waals surface area (Å²) in [4.78, 5) is 17.4. The number of hydrogen-bond acceptors (Lipinski definition) is 7. The van der Waals surface area contributed by atoms with Crippen molar-refractivity contribution in [1.29, 1.82) is 0 Å². The number of rotatable bonds is 8. The number of furan rings is 1. The molecule has 1 aliphatic heterocycles. The monoisotopic (exact) mass is 622 g/mol. The predicted molar refractivity (Wildman–Crippen MR) is 160 cm³/mol. The number of anilines is 2. The minimum Gasteiger partial charge on any atom is -0.463 e. The van der Waals surface area contributed by atoms with Crippen LogP contribution in [0.2, 0.25) is 0 Å². The number of fused-ring (bicyclic) bond motifs is 2. The van der Waals surface area contributed by atoms with Crippen LogP contribution in [-0.2, 0) is 10.0 Å². The van der Waals surface area contributed by atoms with Crippen LogP contribution in [0.25, 0.3) is 33.4 Å². The standard InChI is InChI=1S/C31H25F3N4O5S/c1-35-30(39)27-23-15-22(18-12-19(14-21(34)13-18)31-37-29-25(43-31)4-3-10-36-29)24(38(11-9-32)44(2,40)41)16-26(23)42-28(27)17-5-7-20(33)8-6-17/h3-8,10,12-16,31H,9,11H2,1-2H3,(H,35,39)(H,36,37). The molecule has 1 aliphatic rings. The Kier molecular flexibility index (Phi) is 7.41. The van der Waals surface area contributed by atoms with E-state index >= 15 is 4.39 Å². The van der Waals surface area contributed by atoms with Crippen molar-refractivity contribution >= 4 is 38.4 Å². The van der Waals surface area contributed by atoms with E-state index in [-0.39, 0.29) is 39.1 Å². The molecule has 5 aromatic rings. The van der Waals surface area contributed by atoms with Gasteiger partial charge in [0, 0.05) is 41.4 Å². The van der Waals surface area contributed by atoms with Crippen molar-refractivity contribution in [2.24, 2.45) is 0 Å². The first-order valence-electron chi connectivity index (χ1n) is 13.4. The topological polar surface area (TPSA) is 114 Å². The van der Waals surface area contributed by atoms with E-state index in [0.717, 1.165) is 10.6 Å². The first-order chi connectivity index (χ1) is 21.1. The molecule has 1 unspecified atom stereocenters. The third kappa shape index (κ3) is 5.30. The van der Waals surface area contributed by atoms with Crippen molar-refractivity contribution in [3.63, 3.8) is 0 Å². The van der Waals surface area contributed by atoms with Gasteiger partial charge in [0.05, 0.1) is 24.1 Å². The molecular weight excluding hydrogens is 597 g/mol. The summed E-state index contributed by atoms with van der Waals surface area (Å²) in [6.45, 7) is -1.53. The van der Waals surface area contributed by atoms with Crippen molar-refractivity contribution in [3.8, 4) is 28.2 Å². The minimum atomic E-state index is -4.04. The van der Waals surface area contributed by atoms with Gasteiger partial charge in [-0.3, -0.25) is 9.10 Å². The summed E-state index contributed by atoms with van der Waals surface area (Å²) in [7, 11) is -2.61. The quantitative estimate of drug-likeness (QED) is 0.217. The molecule has 6 rings (SSSR count). The van der Waals surface area contributed by atoms with Crippen LogP contribution in [0.4, 0.5) is 24.7 Å². The molecule has 2 N–H and O–H groups in total. The zero-order chi connectivity index (χ0) is 31.2. The predicted octanol–water partition coefficient (Wildman–Crippen LogP) is 6.04. The molecule has 13 heteroatoms. The van der Waals surface area contributed by atoms with E-state index in [1.54, 1.807) is 24.4 Å². The summed E-state index contributed by atoms with van der Waals surface area (Å²) in [5.41, 5.74) is 1.37. The zero-order valence-corrected chi connectivity index (χ0v) is 24.2. The number of carbonyl (C=O) groups excluding carboxylic acids is 1. The number of benzene rings is 3. The first kappa shape index (κ1) is 29.1. The van der Waals surface area contributed by atoms with E-state index in [1.165, 1.54) is 55.6 Å². The smallest absolute Gasteiger partial charge is 0.255 e. The molecule has 226 valence electrons. The molecule has 0 spiro atoms. The van der Waals surface area contributed by atoms with Gasteiger partial charge in [-0.25, -0.2) is 26.6 Å². The van der Waals surface area contributed by atoms with Crippen molar-refractivity contribution in [2.45, 2.75) is 6.23 Å². The van der Waals surface area contributed by atoms with Gasteiger partial charge in [0.1, 0.15) is 29.7 Å². The van der Waals surface area contributed by atoms with Gasteiger partial charge in [-0.2, -0.15) is 0 Å². The van der Waals surface area contributed by atoms with Gasteiger partial charge in [-0.15, -0.1) is 0 Å². The maximum absolute atomic E-state index is 15.2. The van der Waals surface area contributed by atoms with Gasteiger partial charge in [0.15, 0.2) is 17.8 Å². The second kappa shape index (κ2) is 11.2. The number of amides is 1. The number of pyridine rings is 1. The van der Waals surface area contributed by atoms with Crippen molar-refractivity contribution in [3.05, 3.63) is 95.7 Å². The first-order valence-corrected chi connectivity index (χ1v) is 15.2. The molecule has 3 heterocycles. The number of nitrogens with zero attached hydrogens (tertiary/aromatic N) is 2. The molecule has 0 fully saturated rings. The number of carbonyl (C=O) groups is 1. The lowest BCUT2D eigenvalue weighted by molar-refractivity contribution is 0.0964. The summed E-state index contributed by atoms with van der Waals surface area (Å²) in [5, 5.41) is 5.91. The van der Waals surface area contributed by atoms with Crippen LogP contribution in [0, 0.1) is 11.6 Å². The number of hydrogen-bond donors (Lipinski definition) is 2. The van der Waals surface area contributed by atoms with E-state index in [1.807, 2.05) is 0 Å². The highest BCUT2D eigenvalue weighted by Gasteiger charge is 2.29. The van der Waals surface area contributed by atoms with E-state index in [2.05, 4.69) is 15.6 Å². The van der Waals surface area contributed by atoms with Crippen LogP contribution in [0.1, 0.15) is 22.1 Å². The number of alkyl halides is 1. The maximum atomic E-state index is 15.2. The molecule has 0 saturated heterocycles. The van der Waals surface area contributed by atoms with Crippen molar-refractivity contribution in [1.82, 2.24) is 10.3 Å². The maximum Gasteiger partial charge on any atom is 0.255 e. The lowest BCUT2D eigenvalue weighted by atomic mass is 9.96. The van der Waals surface area contributed by atoms with Crippen LogP contribution in [0.5, 0.6) is 5.75 Å². The Labute approximate surface area is 250 Å². The Balaban J connectivity index is 1.60. The molecule has 2 aromatic heterocycles. The van der Waals surface area contributed by atoms with Crippen LogP contribution in [0.3, 0.4) is 0 Å². The van der Waals surface area contributed by atoms with E-state index in [4.69, 9.17) is 9.15 Å². The highest BCUT2D eigenvalue weighted by molar-refractivity contribution is 7.92. The minimum absolute atomic E-state index is 0.00214. The van der Waals surface area contributed by atoms with E-state index in [9.17, 15) is 22.0 Å². The Morgan fingerprint density at radius 1 is 1.05 bits per heavy atom. The lowest BCUT2D eigenvalue weighted by Crippen LogP contribution is -2.32. The number of halogens is 3. The Morgan fingerprint density at radius 2 is 1.82 bits per heavy atom. The fourth-order valence-electron chi connectivity index (χ4n) is 5.21. The Hall–Kier alpha value is -5.04. The summed E-state index contributed by atoms with van der Waals surface area (Å²) in [6, 6.07) is 15.6. The average molecular weight is 623 g/mol. The van der Waals surface area contributed by atoms with Crippen LogP contribution in [0.15, 0.2) is 77.3 Å². The number of nitrogens with one attached hydrogen (secondary N) is 2. The highest BCUT2D eigenvalue weighted by atomic mass is 32.2. The van der Waals surface area contributed by atoms with Crippen LogP contribution < -0.4 is 19.7 Å². The molecule has 44 heavy (non-hydrogen) atoms. The van der Waals surface area contributed by atoms with Crippen molar-refractivity contribution in [2.75, 3.05) is 36.1 Å². The average Bonchev–Trinajstić information content (AvgIpc) is 3.60. The molecule has 0 saturated carbocycles. The second-order valence-electron chi connectivity index (χ2n) is 10.0. The van der Waals surface area contributed by atoms with Gasteiger partial charge < -0.3 is 19.8 Å². The second-order valence-corrected chi connectivity index (χ2v) is 12.0. The normalized spacial score (nSPS) is 14.2. The molecule has 3 aromatic carbocycles. The number of aromatic nitrogens is 1. The summed E-state index contributed by atoms with van der Waals surface area (Å²) >= 11 is 0. The SMILES string of the molecule is CNC(=O)c1c(-c2ccc(F)cc2)oc2cc(N(CCF)S(C)(=O)=O)c(-c3cc(F)cc(C4Nc5ncccc5O4)c3)cc12. The highest BCUT2D eigenvalue weighted by Crippen LogP contribution is 2.43. The van der Waals surface area contributed by atoms with Gasteiger partial charge >= 0.3 is 0 Å². The van der Waals surface area contributed by atoms with E-state index in [0.29, 0.717) is 22.7 Å². The molecule has 0 aliphatic carbocycles. The van der Waals surface area contributed by atoms with Gasteiger partial charge in [-0.1, -0.05) is 0 Å². The Morgan fingerprint density at radius 3 is 2.50 bits per heavy atom. The third-order valence-corrected chi connectivity index (χ3v) is 8.32.